The zero-order valence-electron chi connectivity index (χ0n) is 6.54. The van der Waals surface area contributed by atoms with E-state index < -0.39 is 11.7 Å². The van der Waals surface area contributed by atoms with Gasteiger partial charge in [0.05, 0.1) is 0 Å². The van der Waals surface area contributed by atoms with Crippen molar-refractivity contribution < 1.29 is 13.2 Å². The summed E-state index contributed by atoms with van der Waals surface area (Å²) in [6.45, 7) is 0. The summed E-state index contributed by atoms with van der Waals surface area (Å²) in [5.41, 5.74) is 0.737. The Labute approximate surface area is 68.4 Å². The van der Waals surface area contributed by atoms with E-state index in [2.05, 4.69) is 0 Å². The molecule has 2 fully saturated rings. The molecule has 0 aromatic heterocycles. The van der Waals surface area contributed by atoms with Crippen LogP contribution in [0.5, 0.6) is 0 Å². The van der Waals surface area contributed by atoms with Crippen molar-refractivity contribution in [2.45, 2.75) is 31.6 Å². The van der Waals surface area contributed by atoms with Gasteiger partial charge in [-0.3, -0.25) is 0 Å². The van der Waals surface area contributed by atoms with Gasteiger partial charge in [0.1, 0.15) is 0 Å². The molecule has 3 rings (SSSR count). The van der Waals surface area contributed by atoms with E-state index in [1.54, 1.807) is 0 Å². The number of allylic oxidation sites excluding steroid dienone is 2. The van der Waals surface area contributed by atoms with Gasteiger partial charge in [-0.1, -0.05) is 0 Å². The van der Waals surface area contributed by atoms with Crippen LogP contribution in [0.2, 0.25) is 0 Å². The molecule has 0 nitrogen and oxygen atoms in total. The Bertz CT molecular complexity index is 286. The lowest BCUT2D eigenvalue weighted by Crippen LogP contribution is -2.30. The van der Waals surface area contributed by atoms with E-state index in [0.717, 1.165) is 19.3 Å². The SMILES string of the molecule is FC1=C(C2CC23CC3)CC1(F)F. The molecule has 0 saturated heterocycles. The molecule has 0 amide bonds. The fourth-order valence-corrected chi connectivity index (χ4v) is 2.35. The van der Waals surface area contributed by atoms with Gasteiger partial charge in [0, 0.05) is 6.42 Å². The summed E-state index contributed by atoms with van der Waals surface area (Å²) in [5.74, 6) is -4.04. The van der Waals surface area contributed by atoms with Gasteiger partial charge in [-0.05, 0) is 36.2 Å². The highest BCUT2D eigenvalue weighted by molar-refractivity contribution is 5.38. The Kier molecular flexibility index (Phi) is 0.925. The van der Waals surface area contributed by atoms with Crippen LogP contribution in [0.3, 0.4) is 0 Å². The van der Waals surface area contributed by atoms with E-state index in [-0.39, 0.29) is 12.3 Å². The fourth-order valence-electron chi connectivity index (χ4n) is 2.35. The lowest BCUT2D eigenvalue weighted by atomic mass is 9.88. The third-order valence-electron chi connectivity index (χ3n) is 3.52. The molecule has 0 N–H and O–H groups in total. The number of alkyl halides is 2. The van der Waals surface area contributed by atoms with Crippen LogP contribution in [0.15, 0.2) is 11.4 Å². The molecule has 1 unspecified atom stereocenters. The first-order valence-electron chi connectivity index (χ1n) is 4.32. The largest absolute Gasteiger partial charge is 0.302 e. The highest BCUT2D eigenvalue weighted by atomic mass is 19.3. The minimum atomic E-state index is -3.12. The van der Waals surface area contributed by atoms with Gasteiger partial charge in [0.25, 0.3) is 0 Å². The lowest BCUT2D eigenvalue weighted by molar-refractivity contribution is -0.0126. The summed E-state index contributed by atoms with van der Waals surface area (Å²) < 4.78 is 37.6. The van der Waals surface area contributed by atoms with E-state index in [4.69, 9.17) is 0 Å². The molecule has 12 heavy (non-hydrogen) atoms. The second-order valence-electron chi connectivity index (χ2n) is 4.34. The zero-order chi connectivity index (χ0) is 8.56. The Balaban J connectivity index is 1.84. The van der Waals surface area contributed by atoms with Crippen LogP contribution < -0.4 is 0 Å². The van der Waals surface area contributed by atoms with E-state index in [0.29, 0.717) is 11.0 Å². The predicted molar refractivity (Wildman–Crippen MR) is 37.5 cm³/mol. The summed E-state index contributed by atoms with van der Waals surface area (Å²) >= 11 is 0. The lowest BCUT2D eigenvalue weighted by Gasteiger charge is -2.27. The molecule has 0 aromatic carbocycles. The van der Waals surface area contributed by atoms with Gasteiger partial charge in [0.15, 0.2) is 5.83 Å². The van der Waals surface area contributed by atoms with Crippen LogP contribution in [-0.4, -0.2) is 5.92 Å². The van der Waals surface area contributed by atoms with Gasteiger partial charge < -0.3 is 0 Å². The number of rotatable bonds is 1. The van der Waals surface area contributed by atoms with Gasteiger partial charge in [-0.2, -0.15) is 8.78 Å². The molecule has 3 aliphatic carbocycles. The maximum absolute atomic E-state index is 12.8. The molecule has 1 atom stereocenters. The van der Waals surface area contributed by atoms with Crippen molar-refractivity contribution in [3.05, 3.63) is 11.4 Å². The smallest absolute Gasteiger partial charge is 0.205 e. The fraction of sp³-hybridized carbons (Fsp3) is 0.778. The topological polar surface area (TPSA) is 0 Å². The molecule has 1 spiro atoms. The van der Waals surface area contributed by atoms with E-state index >= 15 is 0 Å². The summed E-state index contributed by atoms with van der Waals surface area (Å²) in [5, 5.41) is 0. The van der Waals surface area contributed by atoms with Crippen molar-refractivity contribution >= 4 is 0 Å². The van der Waals surface area contributed by atoms with Gasteiger partial charge in [-0.15, -0.1) is 0 Å². The first kappa shape index (κ1) is 6.98. The Morgan fingerprint density at radius 1 is 1.25 bits per heavy atom. The Morgan fingerprint density at radius 2 is 1.92 bits per heavy atom. The van der Waals surface area contributed by atoms with Crippen LogP contribution in [0.25, 0.3) is 0 Å². The van der Waals surface area contributed by atoms with Crippen LogP contribution in [0.4, 0.5) is 13.2 Å². The van der Waals surface area contributed by atoms with E-state index in [9.17, 15) is 13.2 Å². The second-order valence-corrected chi connectivity index (χ2v) is 4.34. The zero-order valence-corrected chi connectivity index (χ0v) is 6.54. The molecule has 3 heteroatoms. The molecule has 66 valence electrons. The van der Waals surface area contributed by atoms with Crippen molar-refractivity contribution in [1.29, 1.82) is 0 Å². The minimum Gasteiger partial charge on any atom is -0.205 e. The third kappa shape index (κ3) is 0.655. The van der Waals surface area contributed by atoms with E-state index in [1.165, 1.54) is 0 Å². The van der Waals surface area contributed by atoms with Gasteiger partial charge >= 0.3 is 5.92 Å². The van der Waals surface area contributed by atoms with Crippen molar-refractivity contribution in [3.63, 3.8) is 0 Å². The minimum absolute atomic E-state index is 0.192. The molecule has 0 heterocycles. The molecule has 0 aromatic rings. The van der Waals surface area contributed by atoms with Crippen LogP contribution in [0, 0.1) is 11.3 Å². The molecular formula is C9H9F3. The first-order chi connectivity index (χ1) is 5.55. The Morgan fingerprint density at radius 3 is 2.25 bits per heavy atom. The number of hydrogen-bond donors (Lipinski definition) is 0. The highest BCUT2D eigenvalue weighted by Gasteiger charge is 2.67. The summed E-state index contributed by atoms with van der Waals surface area (Å²) in [6.07, 6.45) is 2.90. The first-order valence-corrected chi connectivity index (χ1v) is 4.32. The number of halogens is 3. The summed E-state index contributed by atoms with van der Waals surface area (Å²) in [4.78, 5) is 0. The summed E-state index contributed by atoms with van der Waals surface area (Å²) in [6, 6.07) is 0. The van der Waals surface area contributed by atoms with Gasteiger partial charge in [0.2, 0.25) is 0 Å². The molecule has 3 aliphatic rings. The molecule has 0 bridgehead atoms. The van der Waals surface area contributed by atoms with Crippen LogP contribution in [0.1, 0.15) is 25.7 Å². The molecular weight excluding hydrogens is 165 g/mol. The second kappa shape index (κ2) is 1.59. The summed E-state index contributed by atoms with van der Waals surface area (Å²) in [7, 11) is 0. The van der Waals surface area contributed by atoms with Crippen molar-refractivity contribution in [3.8, 4) is 0 Å². The average molecular weight is 174 g/mol. The van der Waals surface area contributed by atoms with Crippen LogP contribution in [-0.2, 0) is 0 Å². The van der Waals surface area contributed by atoms with Crippen LogP contribution >= 0.6 is 0 Å². The van der Waals surface area contributed by atoms with Crippen molar-refractivity contribution in [1.82, 2.24) is 0 Å². The molecule has 0 radical (unpaired) electrons. The number of hydrogen-bond acceptors (Lipinski definition) is 0. The molecule has 2 saturated carbocycles. The predicted octanol–water partition coefficient (Wildman–Crippen LogP) is 3.05. The highest BCUT2D eigenvalue weighted by Crippen LogP contribution is 2.75. The quantitative estimate of drug-likeness (QED) is 0.573. The van der Waals surface area contributed by atoms with Crippen molar-refractivity contribution in [2.75, 3.05) is 0 Å². The Hall–Kier alpha value is -0.470. The standard InChI is InChI=1S/C9H9F3/c10-7-5(3-9(7,11)12)6-4-8(6)1-2-8/h6H,1-4H2. The molecule has 0 aliphatic heterocycles. The average Bonchev–Trinajstić information content (AvgIpc) is 2.89. The van der Waals surface area contributed by atoms with E-state index in [1.807, 2.05) is 0 Å². The normalized spacial score (nSPS) is 39.8. The third-order valence-corrected chi connectivity index (χ3v) is 3.52. The van der Waals surface area contributed by atoms with Crippen molar-refractivity contribution in [2.24, 2.45) is 11.3 Å². The maximum Gasteiger partial charge on any atom is 0.302 e. The monoisotopic (exact) mass is 174 g/mol. The maximum atomic E-state index is 12.8. The van der Waals surface area contributed by atoms with Gasteiger partial charge in [-0.25, -0.2) is 4.39 Å².